The first kappa shape index (κ1) is 27.7. The van der Waals surface area contributed by atoms with Gasteiger partial charge in [-0.1, -0.05) is 87.4 Å². The Kier molecular flexibility index (Phi) is 11.7. The van der Waals surface area contributed by atoms with Gasteiger partial charge in [0.15, 0.2) is 0 Å². The molecule has 2 bridgehead atoms. The molecule has 1 fully saturated rings. The maximum absolute atomic E-state index is 2.41. The van der Waals surface area contributed by atoms with Crippen molar-refractivity contribution >= 4 is 0 Å². The second-order valence-corrected chi connectivity index (χ2v) is 11.4. The Bertz CT molecular complexity index is 729. The maximum Gasteiger partial charge on any atom is -0.0199 e. The van der Waals surface area contributed by atoms with Gasteiger partial charge in [-0.05, 0) is 119 Å². The third-order valence-electron chi connectivity index (χ3n) is 8.99. The topological polar surface area (TPSA) is 0 Å². The van der Waals surface area contributed by atoms with E-state index >= 15 is 0 Å². The van der Waals surface area contributed by atoms with Gasteiger partial charge in [0, 0.05) is 0 Å². The number of hydrogen-bond acceptors (Lipinski definition) is 0. The van der Waals surface area contributed by atoms with Gasteiger partial charge in [0.1, 0.15) is 0 Å². The van der Waals surface area contributed by atoms with Crippen molar-refractivity contribution in [1.29, 1.82) is 0 Å². The number of benzene rings is 1. The van der Waals surface area contributed by atoms with Gasteiger partial charge in [-0.25, -0.2) is 0 Å². The fourth-order valence-electron chi connectivity index (χ4n) is 5.27. The Morgan fingerprint density at radius 1 is 0.606 bits per heavy atom. The number of rotatable bonds is 0. The summed E-state index contributed by atoms with van der Waals surface area (Å²) >= 11 is 0. The highest BCUT2D eigenvalue weighted by molar-refractivity contribution is 5.23. The molecule has 6 unspecified atom stereocenters. The number of fused-ring (bicyclic) bond motifs is 2. The first-order valence-corrected chi connectivity index (χ1v) is 13.7. The molecule has 0 nitrogen and oxygen atoms in total. The molecule has 0 aromatic heterocycles. The normalized spacial score (nSPS) is 31.6. The predicted molar refractivity (Wildman–Crippen MR) is 149 cm³/mol. The maximum atomic E-state index is 2.41. The Labute approximate surface area is 206 Å². The molecular weight excluding hydrogens is 396 g/mol. The van der Waals surface area contributed by atoms with Crippen LogP contribution in [0.3, 0.4) is 0 Å². The first-order chi connectivity index (χ1) is 15.7. The van der Waals surface area contributed by atoms with Crippen molar-refractivity contribution in [1.82, 2.24) is 0 Å². The van der Waals surface area contributed by atoms with Gasteiger partial charge in [0.05, 0.1) is 0 Å². The van der Waals surface area contributed by atoms with E-state index in [9.17, 15) is 0 Å². The minimum Gasteiger partial charge on any atom is -0.0883 e. The molecule has 0 amide bonds. The standard InChI is InChI=1S/C9H14.2C8H14.C8H10/c1-6-7(2)9-4-3-8(6)5-9;3*1-7-5-3-4-6-8(7)2/h3-4,6-9H,5H2,1-2H3;3-6H2,1-2H3;3-4,7-8H,5-6H2,1-2H3;3-6H,1-2H3. The molecule has 5 rings (SSSR count). The van der Waals surface area contributed by atoms with Gasteiger partial charge in [-0.2, -0.15) is 0 Å². The van der Waals surface area contributed by atoms with Crippen molar-refractivity contribution in [3.63, 3.8) is 0 Å². The van der Waals surface area contributed by atoms with E-state index in [2.05, 4.69) is 104 Å². The molecular formula is C33H52. The summed E-state index contributed by atoms with van der Waals surface area (Å²) in [5.74, 6) is 5.62. The van der Waals surface area contributed by atoms with Crippen LogP contribution in [-0.4, -0.2) is 0 Å². The second-order valence-electron chi connectivity index (χ2n) is 11.4. The lowest BCUT2D eigenvalue weighted by Gasteiger charge is -2.19. The van der Waals surface area contributed by atoms with Gasteiger partial charge in [0.25, 0.3) is 0 Å². The number of hydrogen-bond donors (Lipinski definition) is 0. The zero-order valence-electron chi connectivity index (χ0n) is 23.0. The zero-order chi connectivity index (χ0) is 24.4. The smallest absolute Gasteiger partial charge is 0.0199 e. The molecule has 1 aromatic rings. The van der Waals surface area contributed by atoms with E-state index in [0.29, 0.717) is 0 Å². The highest BCUT2D eigenvalue weighted by atomic mass is 14.4. The predicted octanol–water partition coefficient (Wildman–Crippen LogP) is 10.3. The molecule has 0 heteroatoms. The summed E-state index contributed by atoms with van der Waals surface area (Å²) in [5.41, 5.74) is 6.01. The summed E-state index contributed by atoms with van der Waals surface area (Å²) in [5, 5.41) is 0. The van der Waals surface area contributed by atoms with E-state index in [1.807, 2.05) is 0 Å². The van der Waals surface area contributed by atoms with Crippen molar-refractivity contribution in [3.8, 4) is 0 Å². The second kappa shape index (κ2) is 14.0. The van der Waals surface area contributed by atoms with Crippen molar-refractivity contribution in [2.24, 2.45) is 35.5 Å². The summed E-state index contributed by atoms with van der Waals surface area (Å²) in [7, 11) is 0. The molecule has 0 N–H and O–H groups in total. The minimum absolute atomic E-state index is 0.917. The van der Waals surface area contributed by atoms with Crippen LogP contribution in [0.2, 0.25) is 0 Å². The van der Waals surface area contributed by atoms with Gasteiger partial charge in [0.2, 0.25) is 0 Å². The molecule has 4 aliphatic rings. The molecule has 6 atom stereocenters. The van der Waals surface area contributed by atoms with Crippen LogP contribution in [-0.2, 0) is 0 Å². The first-order valence-electron chi connectivity index (χ1n) is 13.7. The van der Waals surface area contributed by atoms with Gasteiger partial charge >= 0.3 is 0 Å². The Morgan fingerprint density at radius 3 is 1.24 bits per heavy atom. The van der Waals surface area contributed by atoms with Crippen LogP contribution >= 0.6 is 0 Å². The molecule has 33 heavy (non-hydrogen) atoms. The quantitative estimate of drug-likeness (QED) is 0.346. The summed E-state index contributed by atoms with van der Waals surface area (Å²) in [4.78, 5) is 0. The van der Waals surface area contributed by atoms with Crippen molar-refractivity contribution in [3.05, 3.63) is 70.8 Å². The lowest BCUT2D eigenvalue weighted by Crippen LogP contribution is -2.12. The molecule has 184 valence electrons. The molecule has 4 aliphatic carbocycles. The Balaban J connectivity index is 0.000000156. The van der Waals surface area contributed by atoms with Gasteiger partial charge in [-0.15, -0.1) is 0 Å². The van der Waals surface area contributed by atoms with Crippen LogP contribution in [0.4, 0.5) is 0 Å². The third-order valence-corrected chi connectivity index (χ3v) is 8.99. The van der Waals surface area contributed by atoms with Crippen LogP contribution in [0.25, 0.3) is 0 Å². The highest BCUT2D eigenvalue weighted by Crippen LogP contribution is 2.47. The largest absolute Gasteiger partial charge is 0.0883 e. The fourth-order valence-corrected chi connectivity index (χ4v) is 5.27. The molecule has 0 saturated heterocycles. The lowest BCUT2D eigenvalue weighted by atomic mass is 9.86. The Hall–Kier alpha value is -1.56. The average molecular weight is 449 g/mol. The molecule has 0 spiro atoms. The minimum atomic E-state index is 0.917. The van der Waals surface area contributed by atoms with Crippen LogP contribution in [0.5, 0.6) is 0 Å². The van der Waals surface area contributed by atoms with Crippen molar-refractivity contribution in [2.75, 3.05) is 0 Å². The average Bonchev–Trinajstić information content (AvgIpc) is 3.39. The monoisotopic (exact) mass is 448 g/mol. The SMILES string of the molecule is CC1=C(C)CCCC1.CC1C2C=CC(C2)C1C.CC1CC=CCC1C.Cc1ccccc1C. The van der Waals surface area contributed by atoms with Crippen molar-refractivity contribution < 1.29 is 0 Å². The molecule has 0 aliphatic heterocycles. The van der Waals surface area contributed by atoms with E-state index in [1.54, 1.807) is 11.1 Å². The van der Waals surface area contributed by atoms with Crippen LogP contribution in [0.15, 0.2) is 59.7 Å². The number of aryl methyl sites for hydroxylation is 2. The molecule has 0 radical (unpaired) electrons. The Morgan fingerprint density at radius 2 is 1.00 bits per heavy atom. The summed E-state index contributed by atoms with van der Waals surface area (Å²) in [6, 6.07) is 8.36. The molecule has 0 heterocycles. The van der Waals surface area contributed by atoms with E-state index < -0.39 is 0 Å². The van der Waals surface area contributed by atoms with Gasteiger partial charge < -0.3 is 0 Å². The number of allylic oxidation sites excluding steroid dienone is 6. The van der Waals surface area contributed by atoms with E-state index in [4.69, 9.17) is 0 Å². The van der Waals surface area contributed by atoms with Crippen molar-refractivity contribution in [2.45, 2.75) is 100 Å². The summed E-state index contributed by atoms with van der Waals surface area (Å²) in [6.45, 7) is 18.2. The molecule has 1 aromatic carbocycles. The highest BCUT2D eigenvalue weighted by Gasteiger charge is 2.38. The van der Waals surface area contributed by atoms with Crippen LogP contribution in [0, 0.1) is 49.4 Å². The van der Waals surface area contributed by atoms with Crippen LogP contribution < -0.4 is 0 Å². The molecule has 1 saturated carbocycles. The van der Waals surface area contributed by atoms with E-state index in [0.717, 1.165) is 35.5 Å². The third kappa shape index (κ3) is 8.95. The van der Waals surface area contributed by atoms with Gasteiger partial charge in [-0.3, -0.25) is 0 Å². The zero-order valence-corrected chi connectivity index (χ0v) is 23.0. The lowest BCUT2D eigenvalue weighted by molar-refractivity contribution is 0.364. The van der Waals surface area contributed by atoms with Crippen LogP contribution in [0.1, 0.15) is 97.6 Å². The fraction of sp³-hybridized carbons (Fsp3) is 0.636. The van der Waals surface area contributed by atoms with E-state index in [1.165, 1.54) is 56.1 Å². The van der Waals surface area contributed by atoms with E-state index in [-0.39, 0.29) is 0 Å². The summed E-state index contributed by atoms with van der Waals surface area (Å²) in [6.07, 6.45) is 19.0. The summed E-state index contributed by atoms with van der Waals surface area (Å²) < 4.78 is 0.